The van der Waals surface area contributed by atoms with Crippen molar-refractivity contribution in [2.75, 3.05) is 19.0 Å². The van der Waals surface area contributed by atoms with Crippen molar-refractivity contribution in [3.05, 3.63) is 35.9 Å². The molecule has 0 atom stereocenters. The maximum Gasteiger partial charge on any atom is 0.207 e. The highest BCUT2D eigenvalue weighted by Gasteiger charge is 2.12. The van der Waals surface area contributed by atoms with E-state index in [9.17, 15) is 4.39 Å². The lowest BCUT2D eigenvalue weighted by molar-refractivity contribution is 0.413. The third-order valence-corrected chi connectivity index (χ3v) is 2.91. The van der Waals surface area contributed by atoms with E-state index < -0.39 is 0 Å². The van der Waals surface area contributed by atoms with E-state index in [2.05, 4.69) is 24.1 Å². The smallest absolute Gasteiger partial charge is 0.207 e. The third-order valence-electron chi connectivity index (χ3n) is 2.91. The first-order valence-electron chi connectivity index (χ1n) is 6.65. The van der Waals surface area contributed by atoms with Gasteiger partial charge < -0.3 is 10.1 Å². The number of anilines is 1. The zero-order valence-corrected chi connectivity index (χ0v) is 12.3. The van der Waals surface area contributed by atoms with Crippen LogP contribution in [0.4, 0.5) is 10.3 Å². The van der Waals surface area contributed by atoms with Crippen LogP contribution in [0, 0.1) is 18.7 Å². The fourth-order valence-electron chi connectivity index (χ4n) is 1.91. The Labute approximate surface area is 118 Å². The summed E-state index contributed by atoms with van der Waals surface area (Å²) in [5.41, 5.74) is 1.26. The van der Waals surface area contributed by atoms with Gasteiger partial charge in [-0.05, 0) is 25.0 Å². The molecular formula is C15H20FN3O. The molecule has 0 saturated carbocycles. The minimum Gasteiger partial charge on any atom is -0.497 e. The molecule has 0 amide bonds. The number of halogens is 1. The maximum absolute atomic E-state index is 14.0. The Balaban J connectivity index is 2.41. The molecule has 1 aromatic carbocycles. The summed E-state index contributed by atoms with van der Waals surface area (Å²) in [4.78, 5) is 4.40. The Morgan fingerprint density at radius 2 is 2.15 bits per heavy atom. The van der Waals surface area contributed by atoms with Crippen molar-refractivity contribution in [1.29, 1.82) is 0 Å². The average Bonchev–Trinajstić information content (AvgIpc) is 2.78. The first-order chi connectivity index (χ1) is 9.51. The van der Waals surface area contributed by atoms with Crippen molar-refractivity contribution in [2.24, 2.45) is 5.92 Å². The summed E-state index contributed by atoms with van der Waals surface area (Å²) in [6.45, 7) is 6.88. The Bertz CT molecular complexity index is 593. The summed E-state index contributed by atoms with van der Waals surface area (Å²) in [6, 6.07) is 4.66. The lowest BCUT2D eigenvalue weighted by atomic mass is 10.2. The third kappa shape index (κ3) is 3.10. The van der Waals surface area contributed by atoms with Crippen LogP contribution in [-0.4, -0.2) is 23.2 Å². The van der Waals surface area contributed by atoms with Crippen LogP contribution < -0.4 is 10.1 Å². The highest BCUT2D eigenvalue weighted by molar-refractivity contribution is 5.47. The number of nitrogens with one attached hydrogen (secondary N) is 1. The standard InChI is InChI=1S/C15H20FN3O/c1-10(2)8-17-15-18-11(3)9-19(15)14-7-12(20-4)5-6-13(14)16/h5-7,9-10H,8H2,1-4H3,(H,17,18). The number of hydrogen-bond donors (Lipinski definition) is 1. The predicted molar refractivity (Wildman–Crippen MR) is 78.1 cm³/mol. The summed E-state index contributed by atoms with van der Waals surface area (Å²) in [6.07, 6.45) is 1.81. The van der Waals surface area contributed by atoms with E-state index in [1.807, 2.05) is 6.92 Å². The lowest BCUT2D eigenvalue weighted by Crippen LogP contribution is -2.12. The van der Waals surface area contributed by atoms with Gasteiger partial charge >= 0.3 is 0 Å². The molecule has 0 aliphatic carbocycles. The minimum absolute atomic E-state index is 0.309. The fraction of sp³-hybridized carbons (Fsp3) is 0.400. The van der Waals surface area contributed by atoms with Gasteiger partial charge in [0.25, 0.3) is 0 Å². The van der Waals surface area contributed by atoms with E-state index in [0.717, 1.165) is 12.2 Å². The number of methoxy groups -OCH3 is 1. The molecule has 1 heterocycles. The maximum atomic E-state index is 14.0. The molecule has 20 heavy (non-hydrogen) atoms. The molecule has 2 aromatic rings. The van der Waals surface area contributed by atoms with Crippen LogP contribution in [0.2, 0.25) is 0 Å². The Hall–Kier alpha value is -2.04. The van der Waals surface area contributed by atoms with E-state index in [1.54, 1.807) is 30.0 Å². The van der Waals surface area contributed by atoms with Gasteiger partial charge in [0, 0.05) is 18.8 Å². The van der Waals surface area contributed by atoms with Crippen LogP contribution in [0.1, 0.15) is 19.5 Å². The van der Waals surface area contributed by atoms with E-state index in [-0.39, 0.29) is 5.82 Å². The van der Waals surface area contributed by atoms with Gasteiger partial charge in [0.1, 0.15) is 11.6 Å². The van der Waals surface area contributed by atoms with E-state index in [0.29, 0.717) is 23.3 Å². The number of rotatable bonds is 5. The molecule has 2 rings (SSSR count). The summed E-state index contributed by atoms with van der Waals surface area (Å²) in [5, 5.41) is 3.24. The van der Waals surface area contributed by atoms with Gasteiger partial charge in [-0.1, -0.05) is 13.8 Å². The van der Waals surface area contributed by atoms with Gasteiger partial charge in [0.15, 0.2) is 0 Å². The van der Waals surface area contributed by atoms with E-state index >= 15 is 0 Å². The van der Waals surface area contributed by atoms with Gasteiger partial charge in [-0.3, -0.25) is 4.57 Å². The van der Waals surface area contributed by atoms with Crippen molar-refractivity contribution in [3.8, 4) is 11.4 Å². The average molecular weight is 277 g/mol. The van der Waals surface area contributed by atoms with Crippen LogP contribution in [0.15, 0.2) is 24.4 Å². The lowest BCUT2D eigenvalue weighted by Gasteiger charge is -2.12. The second-order valence-electron chi connectivity index (χ2n) is 5.17. The van der Waals surface area contributed by atoms with Crippen LogP contribution in [0.5, 0.6) is 5.75 Å². The van der Waals surface area contributed by atoms with Crippen molar-refractivity contribution in [3.63, 3.8) is 0 Å². The summed E-state index contributed by atoms with van der Waals surface area (Å²) in [7, 11) is 1.56. The van der Waals surface area contributed by atoms with Crippen LogP contribution in [0.25, 0.3) is 5.69 Å². The number of hydrogen-bond acceptors (Lipinski definition) is 3. The highest BCUT2D eigenvalue weighted by Crippen LogP contribution is 2.24. The largest absolute Gasteiger partial charge is 0.497 e. The number of aromatic nitrogens is 2. The summed E-state index contributed by atoms with van der Waals surface area (Å²) >= 11 is 0. The quantitative estimate of drug-likeness (QED) is 0.910. The molecule has 0 spiro atoms. The highest BCUT2D eigenvalue weighted by atomic mass is 19.1. The second-order valence-corrected chi connectivity index (χ2v) is 5.17. The van der Waals surface area contributed by atoms with Crippen molar-refractivity contribution in [1.82, 2.24) is 9.55 Å². The minimum atomic E-state index is -0.309. The normalized spacial score (nSPS) is 10.9. The van der Waals surface area contributed by atoms with Gasteiger partial charge in [-0.25, -0.2) is 9.37 Å². The molecule has 1 N–H and O–H groups in total. The number of ether oxygens (including phenoxy) is 1. The number of nitrogens with zero attached hydrogens (tertiary/aromatic N) is 2. The fourth-order valence-corrected chi connectivity index (χ4v) is 1.91. The molecule has 0 bridgehead atoms. The number of imidazole rings is 1. The number of benzene rings is 1. The Kier molecular flexibility index (Phi) is 4.27. The molecule has 0 aliphatic heterocycles. The molecule has 0 radical (unpaired) electrons. The molecule has 0 unspecified atom stereocenters. The second kappa shape index (κ2) is 5.94. The monoisotopic (exact) mass is 277 g/mol. The van der Waals surface area contributed by atoms with Gasteiger partial charge in [0.2, 0.25) is 5.95 Å². The number of aryl methyl sites for hydroxylation is 1. The summed E-state index contributed by atoms with van der Waals surface area (Å²) < 4.78 is 20.9. The first-order valence-corrected chi connectivity index (χ1v) is 6.65. The molecule has 4 nitrogen and oxygen atoms in total. The molecule has 1 aromatic heterocycles. The predicted octanol–water partition coefficient (Wildman–Crippen LogP) is 3.40. The van der Waals surface area contributed by atoms with E-state index in [1.165, 1.54) is 6.07 Å². The van der Waals surface area contributed by atoms with Crippen LogP contribution >= 0.6 is 0 Å². The topological polar surface area (TPSA) is 39.1 Å². The van der Waals surface area contributed by atoms with Crippen LogP contribution in [0.3, 0.4) is 0 Å². The first kappa shape index (κ1) is 14.4. The van der Waals surface area contributed by atoms with Crippen LogP contribution in [-0.2, 0) is 0 Å². The zero-order chi connectivity index (χ0) is 14.7. The van der Waals surface area contributed by atoms with Crippen molar-refractivity contribution >= 4 is 5.95 Å². The Morgan fingerprint density at radius 1 is 1.40 bits per heavy atom. The molecule has 108 valence electrons. The molecular weight excluding hydrogens is 257 g/mol. The van der Waals surface area contributed by atoms with Gasteiger partial charge in [-0.2, -0.15) is 0 Å². The van der Waals surface area contributed by atoms with Crippen molar-refractivity contribution in [2.45, 2.75) is 20.8 Å². The molecule has 0 saturated heterocycles. The van der Waals surface area contributed by atoms with Gasteiger partial charge in [-0.15, -0.1) is 0 Å². The van der Waals surface area contributed by atoms with Crippen molar-refractivity contribution < 1.29 is 9.13 Å². The molecule has 0 fully saturated rings. The van der Waals surface area contributed by atoms with E-state index in [4.69, 9.17) is 4.74 Å². The van der Waals surface area contributed by atoms with Gasteiger partial charge in [0.05, 0.1) is 18.5 Å². The molecule has 5 heteroatoms. The SMILES string of the molecule is COc1ccc(F)c(-n2cc(C)nc2NCC(C)C)c1. The Morgan fingerprint density at radius 3 is 2.80 bits per heavy atom. The summed E-state index contributed by atoms with van der Waals surface area (Å²) in [5.74, 6) is 1.43. The molecule has 0 aliphatic rings. The zero-order valence-electron chi connectivity index (χ0n) is 12.3.